The molecule has 0 bridgehead atoms. The van der Waals surface area contributed by atoms with Gasteiger partial charge in [0.25, 0.3) is 5.69 Å². The van der Waals surface area contributed by atoms with Gasteiger partial charge in [-0.3, -0.25) is 10.1 Å². The molecule has 20 heavy (non-hydrogen) atoms. The van der Waals surface area contributed by atoms with E-state index in [1.165, 1.54) is 7.05 Å². The molecule has 2 N–H and O–H groups in total. The Morgan fingerprint density at radius 2 is 2.15 bits per heavy atom. The summed E-state index contributed by atoms with van der Waals surface area (Å²) >= 11 is 0. The predicted molar refractivity (Wildman–Crippen MR) is 72.1 cm³/mol. The normalized spacial score (nSPS) is 12.9. The average molecular weight is 298 g/mol. The smallest absolute Gasteiger partial charge is 0.292 e. The number of nitrogen functional groups attached to an aromatic ring is 1. The lowest BCUT2D eigenvalue weighted by Gasteiger charge is -2.18. The van der Waals surface area contributed by atoms with E-state index < -0.39 is 20.9 Å². The number of sulfonamides is 1. The van der Waals surface area contributed by atoms with Gasteiger partial charge in [-0.15, -0.1) is 0 Å². The van der Waals surface area contributed by atoms with Crippen LogP contribution in [0.5, 0.6) is 0 Å². The summed E-state index contributed by atoms with van der Waals surface area (Å²) in [6.45, 7) is 1.62. The van der Waals surface area contributed by atoms with Gasteiger partial charge in [-0.25, -0.2) is 8.42 Å². The standard InChI is InChI=1S/C11H14N4O4S/c1-8(6-12)7-14(2)20(18,19)9-3-4-11(15(16)17)10(13)5-9/h3-5,8H,7,13H2,1-2H3. The lowest BCUT2D eigenvalue weighted by Crippen LogP contribution is -2.30. The molecule has 0 amide bonds. The maximum Gasteiger partial charge on any atom is 0.292 e. The number of benzene rings is 1. The van der Waals surface area contributed by atoms with E-state index in [1.54, 1.807) is 6.92 Å². The summed E-state index contributed by atoms with van der Waals surface area (Å²) in [4.78, 5) is 9.80. The number of rotatable bonds is 5. The zero-order valence-corrected chi connectivity index (χ0v) is 11.8. The van der Waals surface area contributed by atoms with E-state index in [-0.39, 0.29) is 22.8 Å². The molecule has 8 nitrogen and oxygen atoms in total. The third-order valence-corrected chi connectivity index (χ3v) is 4.47. The van der Waals surface area contributed by atoms with E-state index >= 15 is 0 Å². The van der Waals surface area contributed by atoms with Gasteiger partial charge in [0.05, 0.1) is 21.8 Å². The number of nitriles is 1. The second kappa shape index (κ2) is 5.85. The van der Waals surface area contributed by atoms with Crippen LogP contribution in [0.2, 0.25) is 0 Å². The van der Waals surface area contributed by atoms with Crippen molar-refractivity contribution >= 4 is 21.4 Å². The van der Waals surface area contributed by atoms with Crippen LogP contribution in [0.15, 0.2) is 23.1 Å². The second-order valence-corrected chi connectivity index (χ2v) is 6.34. The molecule has 0 heterocycles. The molecular weight excluding hydrogens is 284 g/mol. The number of nitrogens with zero attached hydrogens (tertiary/aromatic N) is 3. The third kappa shape index (κ3) is 3.23. The van der Waals surface area contributed by atoms with Gasteiger partial charge in [-0.1, -0.05) is 0 Å². The van der Waals surface area contributed by atoms with E-state index in [9.17, 15) is 18.5 Å². The molecule has 108 valence electrons. The van der Waals surface area contributed by atoms with Crippen LogP contribution in [0.1, 0.15) is 6.92 Å². The SMILES string of the molecule is CC(C#N)CN(C)S(=O)(=O)c1ccc([N+](=O)[O-])c(N)c1. The summed E-state index contributed by atoms with van der Waals surface area (Å²) in [6.07, 6.45) is 0. The Morgan fingerprint density at radius 1 is 1.55 bits per heavy atom. The fraction of sp³-hybridized carbons (Fsp3) is 0.364. The highest BCUT2D eigenvalue weighted by atomic mass is 32.2. The molecule has 1 unspecified atom stereocenters. The second-order valence-electron chi connectivity index (χ2n) is 4.29. The average Bonchev–Trinajstić information content (AvgIpc) is 2.37. The molecule has 0 spiro atoms. The molecule has 0 aromatic heterocycles. The number of nitro groups is 1. The highest BCUT2D eigenvalue weighted by molar-refractivity contribution is 7.89. The quantitative estimate of drug-likeness (QED) is 0.489. The molecule has 0 radical (unpaired) electrons. The minimum absolute atomic E-state index is 0.0235. The highest BCUT2D eigenvalue weighted by Crippen LogP contribution is 2.26. The van der Waals surface area contributed by atoms with E-state index in [4.69, 9.17) is 11.0 Å². The molecule has 1 rings (SSSR count). The topological polar surface area (TPSA) is 130 Å². The first kappa shape index (κ1) is 15.9. The van der Waals surface area contributed by atoms with Gasteiger partial charge in [-0.2, -0.15) is 9.57 Å². The first-order valence-corrected chi connectivity index (χ1v) is 7.04. The highest BCUT2D eigenvalue weighted by Gasteiger charge is 2.24. The zero-order valence-electron chi connectivity index (χ0n) is 11.0. The molecule has 1 aromatic rings. The van der Waals surface area contributed by atoms with E-state index in [0.717, 1.165) is 22.5 Å². The summed E-state index contributed by atoms with van der Waals surface area (Å²) in [5, 5.41) is 19.3. The van der Waals surface area contributed by atoms with Crippen molar-refractivity contribution in [1.82, 2.24) is 4.31 Å². The molecule has 0 saturated carbocycles. The van der Waals surface area contributed by atoms with Gasteiger partial charge < -0.3 is 5.73 Å². The molecule has 1 aromatic carbocycles. The fourth-order valence-corrected chi connectivity index (χ4v) is 2.86. The van der Waals surface area contributed by atoms with Gasteiger partial charge in [0.2, 0.25) is 10.0 Å². The predicted octanol–water partition coefficient (Wildman–Crippen LogP) is 0.957. The molecule has 0 aliphatic heterocycles. The van der Waals surface area contributed by atoms with Crippen molar-refractivity contribution in [2.24, 2.45) is 5.92 Å². The maximum absolute atomic E-state index is 12.2. The Balaban J connectivity index is 3.14. The van der Waals surface area contributed by atoms with Crippen LogP contribution in [-0.2, 0) is 10.0 Å². The summed E-state index contributed by atoms with van der Waals surface area (Å²) in [6, 6.07) is 5.15. The number of nitro benzene ring substituents is 1. The van der Waals surface area contributed by atoms with Crippen molar-refractivity contribution in [3.8, 4) is 6.07 Å². The van der Waals surface area contributed by atoms with Gasteiger partial charge in [0, 0.05) is 19.7 Å². The van der Waals surface area contributed by atoms with E-state index in [0.29, 0.717) is 0 Å². The lowest BCUT2D eigenvalue weighted by atomic mass is 10.2. The largest absolute Gasteiger partial charge is 0.393 e. The molecule has 0 aliphatic rings. The van der Waals surface area contributed by atoms with Crippen LogP contribution in [0.3, 0.4) is 0 Å². The van der Waals surface area contributed by atoms with Gasteiger partial charge >= 0.3 is 0 Å². The zero-order chi connectivity index (χ0) is 15.5. The molecule has 0 fully saturated rings. The number of hydrogen-bond donors (Lipinski definition) is 1. The van der Waals surface area contributed by atoms with Crippen molar-refractivity contribution in [2.75, 3.05) is 19.3 Å². The first-order valence-electron chi connectivity index (χ1n) is 5.60. The van der Waals surface area contributed by atoms with Crippen molar-refractivity contribution < 1.29 is 13.3 Å². The van der Waals surface area contributed by atoms with Crippen molar-refractivity contribution in [1.29, 1.82) is 5.26 Å². The molecule has 0 saturated heterocycles. The number of nitrogens with two attached hydrogens (primary N) is 1. The van der Waals surface area contributed by atoms with E-state index in [2.05, 4.69) is 0 Å². The number of anilines is 1. The molecule has 9 heteroatoms. The Bertz CT molecular complexity index is 665. The first-order chi connectivity index (χ1) is 9.20. The van der Waals surface area contributed by atoms with E-state index in [1.807, 2.05) is 6.07 Å². The van der Waals surface area contributed by atoms with Crippen molar-refractivity contribution in [3.05, 3.63) is 28.3 Å². The fourth-order valence-electron chi connectivity index (χ4n) is 1.56. The van der Waals surface area contributed by atoms with Crippen molar-refractivity contribution in [3.63, 3.8) is 0 Å². The van der Waals surface area contributed by atoms with Gasteiger partial charge in [0.15, 0.2) is 0 Å². The van der Waals surface area contributed by atoms with Crippen LogP contribution in [-0.4, -0.2) is 31.2 Å². The van der Waals surface area contributed by atoms with Crippen LogP contribution in [0.25, 0.3) is 0 Å². The maximum atomic E-state index is 12.2. The summed E-state index contributed by atoms with van der Waals surface area (Å²) in [7, 11) is -2.50. The van der Waals surface area contributed by atoms with Crippen LogP contribution in [0.4, 0.5) is 11.4 Å². The van der Waals surface area contributed by atoms with Gasteiger partial charge in [0.1, 0.15) is 5.69 Å². The Kier molecular flexibility index (Phi) is 4.65. The summed E-state index contributed by atoms with van der Waals surface area (Å²) in [5.41, 5.74) is 4.90. The Labute approximate surface area is 116 Å². The molecule has 1 atom stereocenters. The number of hydrogen-bond acceptors (Lipinski definition) is 6. The Hall–Kier alpha value is -2.18. The van der Waals surface area contributed by atoms with Crippen LogP contribution < -0.4 is 5.73 Å². The minimum Gasteiger partial charge on any atom is -0.393 e. The Morgan fingerprint density at radius 3 is 2.60 bits per heavy atom. The summed E-state index contributed by atoms with van der Waals surface area (Å²) < 4.78 is 25.4. The van der Waals surface area contributed by atoms with Crippen molar-refractivity contribution in [2.45, 2.75) is 11.8 Å². The minimum atomic E-state index is -3.83. The third-order valence-electron chi connectivity index (χ3n) is 2.66. The van der Waals surface area contributed by atoms with Crippen LogP contribution in [0, 0.1) is 27.4 Å². The monoisotopic (exact) mass is 298 g/mol. The van der Waals surface area contributed by atoms with Gasteiger partial charge in [-0.05, 0) is 19.1 Å². The van der Waals surface area contributed by atoms with Crippen LogP contribution >= 0.6 is 0 Å². The molecular formula is C11H14N4O4S. The lowest BCUT2D eigenvalue weighted by molar-refractivity contribution is -0.383. The molecule has 0 aliphatic carbocycles. The summed E-state index contributed by atoms with van der Waals surface area (Å²) in [5.74, 6) is -0.467.